The maximum atomic E-state index is 13.3. The highest BCUT2D eigenvalue weighted by atomic mass is 35.5. The molecule has 2 rings (SSSR count). The van der Waals surface area contributed by atoms with Gasteiger partial charge >= 0.3 is 0 Å². The highest BCUT2D eigenvalue weighted by Gasteiger charge is 2.26. The minimum absolute atomic E-state index is 0.103. The number of hydrogen-bond acceptors (Lipinski definition) is 4. The third kappa shape index (κ3) is 9.13. The van der Waals surface area contributed by atoms with E-state index in [1.54, 1.807) is 37.3 Å². The molecule has 1 unspecified atom stereocenters. The molecule has 1 atom stereocenters. The maximum Gasteiger partial charge on any atom is 0.242 e. The average Bonchev–Trinajstić information content (AvgIpc) is 2.84. The molecule has 2 aromatic carbocycles. The quantitative estimate of drug-likeness (QED) is 0.353. The Balaban J connectivity index is 2.14. The van der Waals surface area contributed by atoms with Crippen molar-refractivity contribution in [3.8, 4) is 0 Å². The van der Waals surface area contributed by atoms with E-state index in [0.29, 0.717) is 23.7 Å². The number of benzene rings is 2. The highest BCUT2D eigenvalue weighted by Crippen LogP contribution is 2.20. The fraction of sp³-hybridized carbons (Fsp3) is 0.481. The monoisotopic (exact) mass is 535 g/mol. The number of nitrogens with one attached hydrogen (secondary N) is 1. The Morgan fingerprint density at radius 3 is 2.31 bits per heavy atom. The Morgan fingerprint density at radius 1 is 1.03 bits per heavy atom. The van der Waals surface area contributed by atoms with Crippen molar-refractivity contribution in [3.63, 3.8) is 0 Å². The van der Waals surface area contributed by atoms with E-state index in [9.17, 15) is 18.0 Å². The molecule has 0 aliphatic rings. The molecule has 0 aliphatic heterocycles. The minimum atomic E-state index is -3.52. The molecular formula is C27H38ClN3O4S. The second kappa shape index (κ2) is 14.2. The molecule has 0 radical (unpaired) electrons. The van der Waals surface area contributed by atoms with Gasteiger partial charge in [-0.3, -0.25) is 13.9 Å². The van der Waals surface area contributed by atoms with Gasteiger partial charge in [-0.15, -0.1) is 0 Å². The molecule has 0 aromatic heterocycles. The van der Waals surface area contributed by atoms with Crippen LogP contribution in [0.25, 0.3) is 0 Å². The van der Waals surface area contributed by atoms with Crippen LogP contribution in [0.1, 0.15) is 57.6 Å². The summed E-state index contributed by atoms with van der Waals surface area (Å²) >= 11 is 6.13. The van der Waals surface area contributed by atoms with E-state index < -0.39 is 16.1 Å². The molecule has 0 bridgehead atoms. The van der Waals surface area contributed by atoms with Crippen molar-refractivity contribution in [2.75, 3.05) is 23.7 Å². The SMILES string of the molecule is CCCCNC(=O)C(C)N(Cc1cccc(Cl)c1)C(=O)CCCN(c1ccc(CC)cc1)S(C)(=O)=O. The van der Waals surface area contributed by atoms with Gasteiger partial charge in [-0.2, -0.15) is 0 Å². The lowest BCUT2D eigenvalue weighted by atomic mass is 10.1. The number of aryl methyl sites for hydroxylation is 1. The van der Waals surface area contributed by atoms with Crippen molar-refractivity contribution in [1.29, 1.82) is 0 Å². The number of unbranched alkanes of at least 4 members (excludes halogenated alkanes) is 1. The maximum absolute atomic E-state index is 13.3. The summed E-state index contributed by atoms with van der Waals surface area (Å²) < 4.78 is 26.2. The molecule has 198 valence electrons. The summed E-state index contributed by atoms with van der Waals surface area (Å²) in [7, 11) is -3.52. The van der Waals surface area contributed by atoms with Crippen molar-refractivity contribution in [3.05, 3.63) is 64.7 Å². The van der Waals surface area contributed by atoms with Crippen molar-refractivity contribution in [2.24, 2.45) is 0 Å². The molecule has 0 fully saturated rings. The van der Waals surface area contributed by atoms with Gasteiger partial charge in [0.05, 0.1) is 11.9 Å². The van der Waals surface area contributed by atoms with Crippen LogP contribution >= 0.6 is 11.6 Å². The van der Waals surface area contributed by atoms with E-state index in [4.69, 9.17) is 11.6 Å². The normalized spacial score (nSPS) is 12.1. The topological polar surface area (TPSA) is 86.8 Å². The van der Waals surface area contributed by atoms with Crippen molar-refractivity contribution in [2.45, 2.75) is 65.5 Å². The number of sulfonamides is 1. The van der Waals surface area contributed by atoms with Crippen LogP contribution in [-0.2, 0) is 32.6 Å². The molecule has 0 aliphatic carbocycles. The summed E-state index contributed by atoms with van der Waals surface area (Å²) in [5, 5.41) is 3.45. The summed E-state index contributed by atoms with van der Waals surface area (Å²) in [6.45, 7) is 6.74. The van der Waals surface area contributed by atoms with Gasteiger partial charge in [-0.05, 0) is 61.6 Å². The standard InChI is InChI=1S/C27H38ClN3O4S/c1-5-7-17-29-27(33)21(3)30(20-23-10-8-11-24(28)19-23)26(32)12-9-18-31(36(4,34)35)25-15-13-22(6-2)14-16-25/h8,10-11,13-16,19,21H,5-7,9,12,17-18,20H2,1-4H3,(H,29,33). The lowest BCUT2D eigenvalue weighted by Crippen LogP contribution is -2.48. The highest BCUT2D eigenvalue weighted by molar-refractivity contribution is 7.92. The first kappa shape index (κ1) is 29.6. The molecule has 36 heavy (non-hydrogen) atoms. The lowest BCUT2D eigenvalue weighted by molar-refractivity contribution is -0.140. The molecule has 9 heteroatoms. The van der Waals surface area contributed by atoms with Crippen LogP contribution < -0.4 is 9.62 Å². The second-order valence-corrected chi connectivity index (χ2v) is 11.3. The van der Waals surface area contributed by atoms with Crippen LogP contribution in [0.15, 0.2) is 48.5 Å². The molecule has 1 N–H and O–H groups in total. The molecule has 2 amide bonds. The first-order valence-electron chi connectivity index (χ1n) is 12.4. The third-order valence-electron chi connectivity index (χ3n) is 6.02. The van der Waals surface area contributed by atoms with E-state index in [1.165, 1.54) is 9.21 Å². The number of carbonyl (C=O) groups is 2. The van der Waals surface area contributed by atoms with Gasteiger partial charge in [0.25, 0.3) is 0 Å². The van der Waals surface area contributed by atoms with Crippen LogP contribution in [0, 0.1) is 0 Å². The van der Waals surface area contributed by atoms with Crippen molar-refractivity contribution < 1.29 is 18.0 Å². The number of amides is 2. The predicted molar refractivity (Wildman–Crippen MR) is 147 cm³/mol. The molecule has 2 aromatic rings. The zero-order valence-electron chi connectivity index (χ0n) is 21.7. The number of anilines is 1. The van der Waals surface area contributed by atoms with E-state index in [0.717, 1.165) is 36.6 Å². The number of rotatable bonds is 14. The first-order valence-corrected chi connectivity index (χ1v) is 14.7. The number of nitrogens with zero attached hydrogens (tertiary/aromatic N) is 2. The first-order chi connectivity index (χ1) is 17.1. The summed E-state index contributed by atoms with van der Waals surface area (Å²) in [5.74, 6) is -0.435. The van der Waals surface area contributed by atoms with E-state index in [2.05, 4.69) is 5.32 Å². The van der Waals surface area contributed by atoms with E-state index >= 15 is 0 Å². The smallest absolute Gasteiger partial charge is 0.242 e. The Bertz CT molecular complexity index is 1110. The zero-order chi connectivity index (χ0) is 26.7. The van der Waals surface area contributed by atoms with Crippen LogP contribution in [0.2, 0.25) is 5.02 Å². The Kier molecular flexibility index (Phi) is 11.7. The summed E-state index contributed by atoms with van der Waals surface area (Å²) in [5.41, 5.74) is 2.50. The molecule has 0 saturated heterocycles. The summed E-state index contributed by atoms with van der Waals surface area (Å²) in [4.78, 5) is 27.6. The van der Waals surface area contributed by atoms with Crippen LogP contribution in [-0.4, -0.2) is 50.5 Å². The lowest BCUT2D eigenvalue weighted by Gasteiger charge is -2.29. The van der Waals surface area contributed by atoms with Crippen molar-refractivity contribution >= 4 is 39.1 Å². The molecule has 0 heterocycles. The van der Waals surface area contributed by atoms with Gasteiger partial charge in [0.2, 0.25) is 21.8 Å². The molecule has 7 nitrogen and oxygen atoms in total. The largest absolute Gasteiger partial charge is 0.354 e. The van der Waals surface area contributed by atoms with E-state index in [-0.39, 0.29) is 31.3 Å². The second-order valence-electron chi connectivity index (χ2n) is 8.93. The van der Waals surface area contributed by atoms with Gasteiger partial charge in [0.1, 0.15) is 6.04 Å². The third-order valence-corrected chi connectivity index (χ3v) is 7.45. The van der Waals surface area contributed by atoms with Gasteiger partial charge in [0, 0.05) is 31.1 Å². The van der Waals surface area contributed by atoms with Crippen molar-refractivity contribution in [1.82, 2.24) is 10.2 Å². The number of hydrogen-bond donors (Lipinski definition) is 1. The van der Waals surface area contributed by atoms with E-state index in [1.807, 2.05) is 32.0 Å². The molecule has 0 spiro atoms. The van der Waals surface area contributed by atoms with Gasteiger partial charge in [-0.1, -0.05) is 56.1 Å². The van der Waals surface area contributed by atoms with Crippen LogP contribution in [0.5, 0.6) is 0 Å². The average molecular weight is 536 g/mol. The molecular weight excluding hydrogens is 498 g/mol. The van der Waals surface area contributed by atoms with Gasteiger partial charge in [0.15, 0.2) is 0 Å². The fourth-order valence-electron chi connectivity index (χ4n) is 3.85. The summed E-state index contributed by atoms with van der Waals surface area (Å²) in [6.07, 6.45) is 4.26. The van der Waals surface area contributed by atoms with Gasteiger partial charge < -0.3 is 10.2 Å². The van der Waals surface area contributed by atoms with Crippen LogP contribution in [0.3, 0.4) is 0 Å². The number of halogens is 1. The predicted octanol–water partition coefficient (Wildman–Crippen LogP) is 4.78. The van der Waals surface area contributed by atoms with Crippen LogP contribution in [0.4, 0.5) is 5.69 Å². The zero-order valence-corrected chi connectivity index (χ0v) is 23.2. The summed E-state index contributed by atoms with van der Waals surface area (Å²) in [6, 6.07) is 13.9. The Labute approximate surface area is 220 Å². The number of carbonyl (C=O) groups excluding carboxylic acids is 2. The van der Waals surface area contributed by atoms with Gasteiger partial charge in [-0.25, -0.2) is 8.42 Å². The molecule has 0 saturated carbocycles. The fourth-order valence-corrected chi connectivity index (χ4v) is 5.03. The Morgan fingerprint density at radius 2 is 1.72 bits per heavy atom. The minimum Gasteiger partial charge on any atom is -0.354 e. The Hall–Kier alpha value is -2.58.